The smallest absolute Gasteiger partial charge is 0.398 e. The second-order valence-electron chi connectivity index (χ2n) is 5.58. The fraction of sp³-hybridized carbons (Fsp3) is 0.750. The van der Waals surface area contributed by atoms with E-state index in [2.05, 4.69) is 5.10 Å². The van der Waals surface area contributed by atoms with Gasteiger partial charge in [0, 0.05) is 13.3 Å². The van der Waals surface area contributed by atoms with Crippen LogP contribution in [0.5, 0.6) is 0 Å². The average molecular weight is 252 g/mol. The van der Waals surface area contributed by atoms with Crippen molar-refractivity contribution >= 4 is 12.7 Å². The molecule has 2 heterocycles. The van der Waals surface area contributed by atoms with Gasteiger partial charge >= 0.3 is 7.12 Å². The molecule has 2 rings (SSSR count). The summed E-state index contributed by atoms with van der Waals surface area (Å²) in [5, 5.41) is 4.45. The Kier molecular flexibility index (Phi) is 3.53. The van der Waals surface area contributed by atoms with Gasteiger partial charge in [-0.05, 0) is 33.8 Å². The average Bonchev–Trinajstić information content (AvgIpc) is 2.80. The van der Waals surface area contributed by atoms with Crippen molar-refractivity contribution in [3.63, 3.8) is 0 Å². The predicted octanol–water partition coefficient (Wildman–Crippen LogP) is 0.829. The highest BCUT2D eigenvalue weighted by atomic mass is 16.7. The molecular formula is C12H21BN2O3. The van der Waals surface area contributed by atoms with Crippen molar-refractivity contribution in [2.75, 3.05) is 13.7 Å². The van der Waals surface area contributed by atoms with Crippen LogP contribution in [0.1, 0.15) is 27.7 Å². The molecule has 1 aliphatic rings. The number of hydrogen-bond acceptors (Lipinski definition) is 4. The van der Waals surface area contributed by atoms with E-state index in [4.69, 9.17) is 14.0 Å². The first-order valence-electron chi connectivity index (χ1n) is 6.24. The number of nitrogens with zero attached hydrogens (tertiary/aromatic N) is 2. The molecule has 1 fully saturated rings. The van der Waals surface area contributed by atoms with Crippen molar-refractivity contribution in [1.82, 2.24) is 9.78 Å². The molecule has 0 amide bonds. The molecule has 0 saturated carbocycles. The maximum atomic E-state index is 5.94. The first kappa shape index (κ1) is 13.6. The van der Waals surface area contributed by atoms with Gasteiger partial charge in [-0.1, -0.05) is 0 Å². The molecule has 0 atom stereocenters. The van der Waals surface area contributed by atoms with Crippen LogP contribution in [-0.2, 0) is 20.6 Å². The van der Waals surface area contributed by atoms with Crippen LogP contribution in [0.15, 0.2) is 12.3 Å². The Morgan fingerprint density at radius 2 is 1.89 bits per heavy atom. The molecule has 1 aromatic heterocycles. The fourth-order valence-electron chi connectivity index (χ4n) is 1.78. The summed E-state index contributed by atoms with van der Waals surface area (Å²) in [6.45, 7) is 9.52. The lowest BCUT2D eigenvalue weighted by Gasteiger charge is -2.32. The number of hydrogen-bond donors (Lipinski definition) is 0. The van der Waals surface area contributed by atoms with Crippen molar-refractivity contribution in [1.29, 1.82) is 0 Å². The quantitative estimate of drug-likeness (QED) is 0.744. The van der Waals surface area contributed by atoms with Crippen molar-refractivity contribution in [2.45, 2.75) is 45.4 Å². The van der Waals surface area contributed by atoms with Crippen LogP contribution in [0.3, 0.4) is 0 Å². The fourth-order valence-corrected chi connectivity index (χ4v) is 1.78. The number of rotatable bonds is 4. The SMILES string of the molecule is COCCn1ccc(B2OC(C)(C)C(C)(C)O2)n1. The zero-order valence-electron chi connectivity index (χ0n) is 11.8. The zero-order valence-corrected chi connectivity index (χ0v) is 11.8. The van der Waals surface area contributed by atoms with E-state index in [9.17, 15) is 0 Å². The summed E-state index contributed by atoms with van der Waals surface area (Å²) < 4.78 is 18.7. The summed E-state index contributed by atoms with van der Waals surface area (Å²) in [5.41, 5.74) is 0.159. The summed E-state index contributed by atoms with van der Waals surface area (Å²) in [5.74, 6) is 0. The molecule has 0 unspecified atom stereocenters. The van der Waals surface area contributed by atoms with Gasteiger partial charge in [0.1, 0.15) is 0 Å². The Labute approximate surface area is 109 Å². The second-order valence-corrected chi connectivity index (χ2v) is 5.58. The first-order chi connectivity index (χ1) is 8.36. The van der Waals surface area contributed by atoms with E-state index in [1.807, 2.05) is 44.6 Å². The van der Waals surface area contributed by atoms with Gasteiger partial charge in [0.2, 0.25) is 0 Å². The third-order valence-corrected chi connectivity index (χ3v) is 3.68. The molecule has 5 nitrogen and oxygen atoms in total. The molecule has 0 N–H and O–H groups in total. The van der Waals surface area contributed by atoms with Crippen LogP contribution in [-0.4, -0.2) is 41.8 Å². The Hall–Kier alpha value is -0.845. The Balaban J connectivity index is 2.07. The van der Waals surface area contributed by atoms with E-state index in [0.29, 0.717) is 6.61 Å². The molecule has 1 aromatic rings. The summed E-state index contributed by atoms with van der Waals surface area (Å²) in [7, 11) is 1.29. The van der Waals surface area contributed by atoms with Crippen molar-refractivity contribution in [2.24, 2.45) is 0 Å². The van der Waals surface area contributed by atoms with Gasteiger partial charge in [-0.25, -0.2) is 0 Å². The monoisotopic (exact) mass is 252 g/mol. The molecule has 18 heavy (non-hydrogen) atoms. The maximum absolute atomic E-state index is 5.94. The van der Waals surface area contributed by atoms with Crippen LogP contribution < -0.4 is 5.59 Å². The lowest BCUT2D eigenvalue weighted by molar-refractivity contribution is 0.00578. The van der Waals surface area contributed by atoms with Gasteiger partial charge < -0.3 is 14.0 Å². The molecule has 0 spiro atoms. The Bertz CT molecular complexity index is 401. The number of aromatic nitrogens is 2. The molecule has 0 bridgehead atoms. The first-order valence-corrected chi connectivity index (χ1v) is 6.24. The zero-order chi connectivity index (χ0) is 13.4. The molecule has 6 heteroatoms. The lowest BCUT2D eigenvalue weighted by atomic mass is 9.85. The molecule has 0 aromatic carbocycles. The number of methoxy groups -OCH3 is 1. The highest BCUT2D eigenvalue weighted by Gasteiger charge is 2.52. The third-order valence-electron chi connectivity index (χ3n) is 3.68. The summed E-state index contributed by atoms with van der Waals surface area (Å²) in [6, 6.07) is 1.93. The minimum Gasteiger partial charge on any atom is -0.398 e. The lowest BCUT2D eigenvalue weighted by Crippen LogP contribution is -2.41. The summed E-state index contributed by atoms with van der Waals surface area (Å²) in [4.78, 5) is 0. The standard InChI is InChI=1S/C12H21BN2O3/c1-11(2)12(3,4)18-13(17-11)10-6-7-15(14-10)8-9-16-5/h6-7H,8-9H2,1-5H3. The van der Waals surface area contributed by atoms with E-state index < -0.39 is 7.12 Å². The minimum atomic E-state index is -0.390. The van der Waals surface area contributed by atoms with Crippen LogP contribution >= 0.6 is 0 Å². The molecule has 100 valence electrons. The molecule has 0 aliphatic carbocycles. The molecular weight excluding hydrogens is 231 g/mol. The highest BCUT2D eigenvalue weighted by molar-refractivity contribution is 6.61. The highest BCUT2D eigenvalue weighted by Crippen LogP contribution is 2.36. The van der Waals surface area contributed by atoms with Crippen LogP contribution in [0.25, 0.3) is 0 Å². The van der Waals surface area contributed by atoms with E-state index in [1.165, 1.54) is 0 Å². The molecule has 1 saturated heterocycles. The Morgan fingerprint density at radius 1 is 1.28 bits per heavy atom. The van der Waals surface area contributed by atoms with E-state index >= 15 is 0 Å². The van der Waals surface area contributed by atoms with Crippen molar-refractivity contribution in [3.8, 4) is 0 Å². The van der Waals surface area contributed by atoms with E-state index in [0.717, 1.165) is 12.1 Å². The van der Waals surface area contributed by atoms with E-state index in [-0.39, 0.29) is 11.2 Å². The van der Waals surface area contributed by atoms with Gasteiger partial charge in [-0.2, -0.15) is 5.10 Å². The summed E-state index contributed by atoms with van der Waals surface area (Å²) >= 11 is 0. The second kappa shape index (κ2) is 4.68. The van der Waals surface area contributed by atoms with Gasteiger partial charge in [0.25, 0.3) is 0 Å². The van der Waals surface area contributed by atoms with Crippen molar-refractivity contribution in [3.05, 3.63) is 12.3 Å². The Morgan fingerprint density at radius 3 is 2.44 bits per heavy atom. The van der Waals surface area contributed by atoms with Crippen LogP contribution in [0.4, 0.5) is 0 Å². The predicted molar refractivity (Wildman–Crippen MR) is 69.8 cm³/mol. The van der Waals surface area contributed by atoms with E-state index in [1.54, 1.807) is 7.11 Å². The topological polar surface area (TPSA) is 45.5 Å². The van der Waals surface area contributed by atoms with Crippen LogP contribution in [0.2, 0.25) is 0 Å². The van der Waals surface area contributed by atoms with Gasteiger partial charge in [-0.3, -0.25) is 4.68 Å². The van der Waals surface area contributed by atoms with Gasteiger partial charge in [0.15, 0.2) is 0 Å². The van der Waals surface area contributed by atoms with Crippen molar-refractivity contribution < 1.29 is 14.0 Å². The van der Waals surface area contributed by atoms with Gasteiger partial charge in [-0.15, -0.1) is 0 Å². The van der Waals surface area contributed by atoms with Crippen LogP contribution in [0, 0.1) is 0 Å². The minimum absolute atomic E-state index is 0.325. The molecule has 0 radical (unpaired) electrons. The third kappa shape index (κ3) is 2.46. The molecule has 1 aliphatic heterocycles. The largest absolute Gasteiger partial charge is 0.516 e. The number of ether oxygens (including phenoxy) is 1. The normalized spacial score (nSPS) is 21.5. The van der Waals surface area contributed by atoms with Gasteiger partial charge in [0.05, 0.1) is 29.9 Å². The maximum Gasteiger partial charge on any atom is 0.516 e. The summed E-state index contributed by atoms with van der Waals surface area (Å²) in [6.07, 6.45) is 1.92.